The molecule has 2 N–H and O–H groups in total. The molecule has 0 aromatic heterocycles. The Balaban J connectivity index is 2.45. The zero-order valence-electron chi connectivity index (χ0n) is 11.2. The van der Waals surface area contributed by atoms with Crippen LogP contribution in [0.3, 0.4) is 0 Å². The molecular formula is C13H22N2O2S. The second-order valence-corrected chi connectivity index (χ2v) is 6.33. The maximum Gasteiger partial charge on any atom is 0.212 e. The second-order valence-electron chi connectivity index (χ2n) is 4.41. The van der Waals surface area contributed by atoms with Gasteiger partial charge in [-0.25, -0.2) is 13.1 Å². The monoisotopic (exact) mass is 270 g/mol. The quantitative estimate of drug-likeness (QED) is 0.791. The molecule has 0 saturated heterocycles. The molecule has 5 heteroatoms. The molecular weight excluding hydrogens is 248 g/mol. The number of nitrogens with one attached hydrogen (secondary N) is 2. The van der Waals surface area contributed by atoms with Crippen molar-refractivity contribution in [2.75, 3.05) is 18.8 Å². The van der Waals surface area contributed by atoms with Gasteiger partial charge < -0.3 is 5.32 Å². The number of benzene rings is 1. The summed E-state index contributed by atoms with van der Waals surface area (Å²) >= 11 is 0. The lowest BCUT2D eigenvalue weighted by atomic mass is 10.1. The molecule has 0 aliphatic rings. The van der Waals surface area contributed by atoms with E-state index in [0.29, 0.717) is 13.1 Å². The highest BCUT2D eigenvalue weighted by Gasteiger charge is 2.10. The zero-order chi connectivity index (χ0) is 13.6. The van der Waals surface area contributed by atoms with Gasteiger partial charge >= 0.3 is 0 Å². The normalized spacial score (nSPS) is 13.5. The molecule has 0 saturated carbocycles. The lowest BCUT2D eigenvalue weighted by Crippen LogP contribution is -2.32. The summed E-state index contributed by atoms with van der Waals surface area (Å²) in [6, 6.07) is 8.37. The molecule has 0 bridgehead atoms. The van der Waals surface area contributed by atoms with E-state index in [1.54, 1.807) is 6.92 Å². The van der Waals surface area contributed by atoms with Crippen LogP contribution in [0.5, 0.6) is 0 Å². The Morgan fingerprint density at radius 1 is 1.33 bits per heavy atom. The molecule has 18 heavy (non-hydrogen) atoms. The summed E-state index contributed by atoms with van der Waals surface area (Å²) < 4.78 is 25.4. The van der Waals surface area contributed by atoms with Gasteiger partial charge in [0.1, 0.15) is 0 Å². The van der Waals surface area contributed by atoms with Gasteiger partial charge in [-0.1, -0.05) is 36.8 Å². The fourth-order valence-electron chi connectivity index (χ4n) is 1.76. The van der Waals surface area contributed by atoms with Crippen LogP contribution in [0.15, 0.2) is 24.3 Å². The first-order chi connectivity index (χ1) is 8.44. The van der Waals surface area contributed by atoms with Gasteiger partial charge in [0.25, 0.3) is 0 Å². The summed E-state index contributed by atoms with van der Waals surface area (Å²) in [7, 11) is -3.13. The van der Waals surface area contributed by atoms with E-state index in [-0.39, 0.29) is 11.8 Å². The summed E-state index contributed by atoms with van der Waals surface area (Å²) in [6.45, 7) is 6.75. The third-order valence-electron chi connectivity index (χ3n) is 2.73. The summed E-state index contributed by atoms with van der Waals surface area (Å²) in [5.41, 5.74) is 2.39. The molecule has 1 unspecified atom stereocenters. The van der Waals surface area contributed by atoms with Crippen molar-refractivity contribution in [3.8, 4) is 0 Å². The van der Waals surface area contributed by atoms with Crippen LogP contribution in [0.1, 0.15) is 31.0 Å². The molecule has 4 nitrogen and oxygen atoms in total. The third kappa shape index (κ3) is 5.16. The Kier molecular flexibility index (Phi) is 5.78. The maximum absolute atomic E-state index is 11.5. The van der Waals surface area contributed by atoms with Crippen LogP contribution in [0, 0.1) is 6.92 Å². The van der Waals surface area contributed by atoms with E-state index >= 15 is 0 Å². The second kappa shape index (κ2) is 6.87. The van der Waals surface area contributed by atoms with Gasteiger partial charge in [-0.15, -0.1) is 0 Å². The van der Waals surface area contributed by atoms with E-state index < -0.39 is 10.0 Å². The van der Waals surface area contributed by atoms with Crippen molar-refractivity contribution in [1.82, 2.24) is 10.0 Å². The Labute approximate surface area is 110 Å². The van der Waals surface area contributed by atoms with Gasteiger partial charge in [-0.05, 0) is 19.4 Å². The molecule has 0 aliphatic carbocycles. The molecule has 1 atom stereocenters. The minimum Gasteiger partial charge on any atom is -0.309 e. The van der Waals surface area contributed by atoms with Gasteiger partial charge in [0.2, 0.25) is 10.0 Å². The molecule has 0 radical (unpaired) electrons. The van der Waals surface area contributed by atoms with E-state index in [0.717, 1.165) is 0 Å². The van der Waals surface area contributed by atoms with Crippen LogP contribution in [0.4, 0.5) is 0 Å². The van der Waals surface area contributed by atoms with Crippen LogP contribution in [0.25, 0.3) is 0 Å². The minimum atomic E-state index is -3.13. The van der Waals surface area contributed by atoms with Gasteiger partial charge in [-0.2, -0.15) is 0 Å². The summed E-state index contributed by atoms with van der Waals surface area (Å²) in [6.07, 6.45) is 0. The standard InChI is InChI=1S/C13H22N2O2S/c1-4-15-18(16,17)9-8-14-12(3)13-7-5-6-11(2)10-13/h5-7,10,12,14-15H,4,8-9H2,1-3H3. The van der Waals surface area contributed by atoms with Crippen LogP contribution in [0.2, 0.25) is 0 Å². The van der Waals surface area contributed by atoms with Crippen LogP contribution in [-0.2, 0) is 10.0 Å². The minimum absolute atomic E-state index is 0.108. The SMILES string of the molecule is CCNS(=O)(=O)CCNC(C)c1cccc(C)c1. The molecule has 0 aliphatic heterocycles. The van der Waals surface area contributed by atoms with Crippen molar-refractivity contribution in [1.29, 1.82) is 0 Å². The van der Waals surface area contributed by atoms with E-state index in [1.165, 1.54) is 11.1 Å². The number of sulfonamides is 1. The number of hydrogen-bond donors (Lipinski definition) is 2. The average molecular weight is 270 g/mol. The van der Waals surface area contributed by atoms with Crippen molar-refractivity contribution in [3.63, 3.8) is 0 Å². The topological polar surface area (TPSA) is 58.2 Å². The summed E-state index contributed by atoms with van der Waals surface area (Å²) in [5.74, 6) is 0.108. The van der Waals surface area contributed by atoms with E-state index in [9.17, 15) is 8.42 Å². The lowest BCUT2D eigenvalue weighted by molar-refractivity contribution is 0.564. The number of hydrogen-bond acceptors (Lipinski definition) is 3. The van der Waals surface area contributed by atoms with E-state index in [2.05, 4.69) is 16.1 Å². The van der Waals surface area contributed by atoms with E-state index in [4.69, 9.17) is 0 Å². The van der Waals surface area contributed by atoms with Crippen LogP contribution >= 0.6 is 0 Å². The third-order valence-corrected chi connectivity index (χ3v) is 4.20. The molecule has 0 fully saturated rings. The first-order valence-corrected chi connectivity index (χ1v) is 7.87. The highest BCUT2D eigenvalue weighted by Crippen LogP contribution is 2.13. The number of rotatable bonds is 7. The molecule has 1 aromatic rings. The Hall–Kier alpha value is -0.910. The van der Waals surface area contributed by atoms with Gasteiger partial charge in [0.15, 0.2) is 0 Å². The number of aryl methyl sites for hydroxylation is 1. The van der Waals surface area contributed by atoms with Gasteiger partial charge in [0, 0.05) is 19.1 Å². The van der Waals surface area contributed by atoms with Crippen molar-refractivity contribution in [2.45, 2.75) is 26.8 Å². The van der Waals surface area contributed by atoms with Crippen molar-refractivity contribution in [3.05, 3.63) is 35.4 Å². The van der Waals surface area contributed by atoms with Crippen LogP contribution < -0.4 is 10.0 Å². The summed E-state index contributed by atoms with van der Waals surface area (Å²) in [5, 5.41) is 3.22. The Morgan fingerprint density at radius 3 is 2.67 bits per heavy atom. The van der Waals surface area contributed by atoms with E-state index in [1.807, 2.05) is 32.0 Å². The highest BCUT2D eigenvalue weighted by atomic mass is 32.2. The van der Waals surface area contributed by atoms with Crippen molar-refractivity contribution in [2.24, 2.45) is 0 Å². The molecule has 0 spiro atoms. The fraction of sp³-hybridized carbons (Fsp3) is 0.538. The van der Waals surface area contributed by atoms with Gasteiger partial charge in [0.05, 0.1) is 5.75 Å². The highest BCUT2D eigenvalue weighted by molar-refractivity contribution is 7.89. The Morgan fingerprint density at radius 2 is 2.06 bits per heavy atom. The summed E-state index contributed by atoms with van der Waals surface area (Å²) in [4.78, 5) is 0. The first kappa shape index (κ1) is 15.1. The Bertz CT molecular complexity index is 472. The van der Waals surface area contributed by atoms with Crippen LogP contribution in [-0.4, -0.2) is 27.3 Å². The molecule has 102 valence electrons. The predicted octanol–water partition coefficient (Wildman–Crippen LogP) is 1.58. The van der Waals surface area contributed by atoms with Crippen molar-refractivity contribution < 1.29 is 8.42 Å². The zero-order valence-corrected chi connectivity index (χ0v) is 12.0. The van der Waals surface area contributed by atoms with Crippen molar-refractivity contribution >= 4 is 10.0 Å². The molecule has 0 amide bonds. The van der Waals surface area contributed by atoms with Gasteiger partial charge in [-0.3, -0.25) is 0 Å². The maximum atomic E-state index is 11.5. The molecule has 1 rings (SSSR count). The largest absolute Gasteiger partial charge is 0.309 e. The smallest absolute Gasteiger partial charge is 0.212 e. The average Bonchev–Trinajstić information content (AvgIpc) is 2.28. The first-order valence-electron chi connectivity index (χ1n) is 6.22. The molecule has 0 heterocycles. The lowest BCUT2D eigenvalue weighted by Gasteiger charge is -2.15. The molecule has 1 aromatic carbocycles. The predicted molar refractivity (Wildman–Crippen MR) is 75.1 cm³/mol. The fourth-order valence-corrected chi connectivity index (χ4v) is 2.73.